The van der Waals surface area contributed by atoms with E-state index in [4.69, 9.17) is 0 Å². The molecule has 4 rings (SSSR count). The molecule has 3 nitrogen and oxygen atoms in total. The van der Waals surface area contributed by atoms with E-state index in [0.29, 0.717) is 6.54 Å². The molecule has 0 spiro atoms. The van der Waals surface area contributed by atoms with Crippen molar-refractivity contribution in [3.05, 3.63) is 65.4 Å². The molecular formula is C19H17FN2O. The predicted molar refractivity (Wildman–Crippen MR) is 91.4 cm³/mol. The molecule has 3 aromatic rings. The minimum absolute atomic E-state index is 0.250. The Morgan fingerprint density at radius 1 is 1.04 bits per heavy atom. The maximum absolute atomic E-state index is 12.7. The van der Waals surface area contributed by atoms with Crippen LogP contribution in [-0.4, -0.2) is 11.5 Å². The van der Waals surface area contributed by atoms with E-state index >= 15 is 0 Å². The number of fused-ring (bicyclic) bond motifs is 2. The average molecular weight is 308 g/mol. The first-order valence-electron chi connectivity index (χ1n) is 7.76. The third-order valence-electron chi connectivity index (χ3n) is 4.40. The van der Waals surface area contributed by atoms with Gasteiger partial charge in [0.2, 0.25) is 0 Å². The summed E-state index contributed by atoms with van der Waals surface area (Å²) in [4.78, 5) is 7.28. The zero-order valence-corrected chi connectivity index (χ0v) is 12.6. The Bertz CT molecular complexity index is 882. The van der Waals surface area contributed by atoms with Gasteiger partial charge in [0.05, 0.1) is 5.69 Å². The highest BCUT2D eigenvalue weighted by Crippen LogP contribution is 2.35. The zero-order chi connectivity index (χ0) is 15.6. The minimum atomic E-state index is 0.250. The van der Waals surface area contributed by atoms with Crippen LogP contribution in [0.4, 0.5) is 10.2 Å². The normalized spacial score (nSPS) is 12.9. The highest BCUT2D eigenvalue weighted by atomic mass is 19.3. The number of hydrogen-bond acceptors (Lipinski definition) is 2. The molecule has 1 aliphatic heterocycles. The SMILES string of the molecule is FOc1ccc(CCc2c[nH]c3ccccc23)c2c1NCC=C2. The van der Waals surface area contributed by atoms with Crippen LogP contribution in [0.1, 0.15) is 16.7 Å². The Morgan fingerprint density at radius 3 is 2.83 bits per heavy atom. The second kappa shape index (κ2) is 5.80. The van der Waals surface area contributed by atoms with E-state index < -0.39 is 0 Å². The summed E-state index contributed by atoms with van der Waals surface area (Å²) in [7, 11) is 0. The smallest absolute Gasteiger partial charge is 0.195 e. The van der Waals surface area contributed by atoms with Gasteiger partial charge in [-0.2, -0.15) is 0 Å². The highest BCUT2D eigenvalue weighted by molar-refractivity contribution is 5.83. The minimum Gasteiger partial charge on any atom is -0.378 e. The molecule has 1 aromatic heterocycles. The van der Waals surface area contributed by atoms with Crippen molar-refractivity contribution >= 4 is 22.7 Å². The summed E-state index contributed by atoms with van der Waals surface area (Å²) in [6.07, 6.45) is 7.98. The van der Waals surface area contributed by atoms with Gasteiger partial charge >= 0.3 is 0 Å². The van der Waals surface area contributed by atoms with Crippen LogP contribution in [0.3, 0.4) is 0 Å². The van der Waals surface area contributed by atoms with Crippen molar-refractivity contribution in [3.8, 4) is 5.75 Å². The van der Waals surface area contributed by atoms with Gasteiger partial charge in [-0.3, -0.25) is 4.94 Å². The lowest BCUT2D eigenvalue weighted by Crippen LogP contribution is -2.08. The van der Waals surface area contributed by atoms with Crippen LogP contribution in [-0.2, 0) is 12.8 Å². The standard InChI is InChI=1S/C19H17FN2O/c20-23-18-10-9-13(16-5-3-11-21-19(16)18)7-8-14-12-22-17-6-2-1-4-15(14)17/h1-6,9-10,12,21-22H,7-8,11H2. The quantitative estimate of drug-likeness (QED) is 0.736. The number of para-hydroxylation sites is 1. The van der Waals surface area contributed by atoms with Gasteiger partial charge in [-0.1, -0.05) is 36.4 Å². The molecule has 0 saturated heterocycles. The van der Waals surface area contributed by atoms with Gasteiger partial charge in [0.15, 0.2) is 5.75 Å². The van der Waals surface area contributed by atoms with Crippen LogP contribution >= 0.6 is 0 Å². The second-order valence-corrected chi connectivity index (χ2v) is 5.73. The van der Waals surface area contributed by atoms with Crippen molar-refractivity contribution in [1.29, 1.82) is 0 Å². The van der Waals surface area contributed by atoms with E-state index in [1.54, 1.807) is 6.07 Å². The molecule has 0 radical (unpaired) electrons. The third-order valence-corrected chi connectivity index (χ3v) is 4.40. The number of benzene rings is 2. The first-order valence-corrected chi connectivity index (χ1v) is 7.76. The van der Waals surface area contributed by atoms with Gasteiger partial charge in [-0.15, -0.1) is 0 Å². The Morgan fingerprint density at radius 2 is 1.91 bits per heavy atom. The van der Waals surface area contributed by atoms with Crippen LogP contribution in [0.15, 0.2) is 48.7 Å². The summed E-state index contributed by atoms with van der Waals surface area (Å²) in [5, 5.41) is 4.45. The molecule has 116 valence electrons. The number of halogens is 1. The first-order chi connectivity index (χ1) is 11.4. The van der Waals surface area contributed by atoms with Crippen molar-refractivity contribution in [2.45, 2.75) is 12.8 Å². The lowest BCUT2D eigenvalue weighted by atomic mass is 9.96. The summed E-state index contributed by atoms with van der Waals surface area (Å²) < 4.78 is 12.7. The maximum atomic E-state index is 12.7. The average Bonchev–Trinajstić information content (AvgIpc) is 3.03. The van der Waals surface area contributed by atoms with Gasteiger partial charge < -0.3 is 10.3 Å². The van der Waals surface area contributed by atoms with Gasteiger partial charge in [-0.25, -0.2) is 0 Å². The summed E-state index contributed by atoms with van der Waals surface area (Å²) in [5.74, 6) is 0.250. The van der Waals surface area contributed by atoms with E-state index in [-0.39, 0.29) is 5.75 Å². The van der Waals surface area contributed by atoms with Gasteiger partial charge in [0, 0.05) is 33.7 Å². The molecule has 0 fully saturated rings. The van der Waals surface area contributed by atoms with Crippen molar-refractivity contribution in [3.63, 3.8) is 0 Å². The summed E-state index contributed by atoms with van der Waals surface area (Å²) >= 11 is 0. The first kappa shape index (κ1) is 13.9. The summed E-state index contributed by atoms with van der Waals surface area (Å²) in [6.45, 7) is 0.690. The predicted octanol–water partition coefficient (Wildman–Crippen LogP) is 4.66. The number of aryl methyl sites for hydroxylation is 2. The molecule has 0 bridgehead atoms. The van der Waals surface area contributed by atoms with E-state index in [1.165, 1.54) is 16.5 Å². The lowest BCUT2D eigenvalue weighted by molar-refractivity contribution is -0.00533. The molecular weight excluding hydrogens is 291 g/mol. The number of hydrogen-bond donors (Lipinski definition) is 2. The van der Waals surface area contributed by atoms with Gasteiger partial charge in [0.25, 0.3) is 0 Å². The number of nitrogens with one attached hydrogen (secondary N) is 2. The van der Waals surface area contributed by atoms with Crippen LogP contribution in [0.5, 0.6) is 5.75 Å². The van der Waals surface area contributed by atoms with E-state index in [1.807, 2.05) is 24.3 Å². The molecule has 2 aromatic carbocycles. The van der Waals surface area contributed by atoms with Crippen LogP contribution in [0, 0.1) is 0 Å². The van der Waals surface area contributed by atoms with E-state index in [0.717, 1.165) is 29.6 Å². The summed E-state index contributed by atoms with van der Waals surface area (Å²) in [6, 6.07) is 11.9. The molecule has 0 unspecified atom stereocenters. The van der Waals surface area contributed by atoms with Crippen LogP contribution in [0.2, 0.25) is 0 Å². The third kappa shape index (κ3) is 2.46. The monoisotopic (exact) mass is 308 g/mol. The Balaban J connectivity index is 1.64. The molecule has 1 aliphatic rings. The van der Waals surface area contributed by atoms with Crippen molar-refractivity contribution in [1.82, 2.24) is 4.98 Å². The van der Waals surface area contributed by atoms with Crippen LogP contribution < -0.4 is 10.3 Å². The Hall–Kier alpha value is -2.75. The molecule has 0 saturated carbocycles. The number of anilines is 1. The molecule has 0 atom stereocenters. The van der Waals surface area contributed by atoms with Gasteiger partial charge in [0.1, 0.15) is 0 Å². The molecule has 23 heavy (non-hydrogen) atoms. The molecule has 2 N–H and O–H groups in total. The number of aromatic nitrogens is 1. The van der Waals surface area contributed by atoms with Crippen molar-refractivity contribution < 1.29 is 9.47 Å². The molecule has 2 heterocycles. The Labute approximate surface area is 133 Å². The number of aromatic amines is 1. The molecule has 0 aliphatic carbocycles. The van der Waals surface area contributed by atoms with E-state index in [2.05, 4.69) is 39.6 Å². The van der Waals surface area contributed by atoms with Crippen LogP contribution in [0.25, 0.3) is 17.0 Å². The maximum Gasteiger partial charge on any atom is 0.195 e. The summed E-state index contributed by atoms with van der Waals surface area (Å²) in [5.41, 5.74) is 5.41. The number of H-pyrrole nitrogens is 1. The largest absolute Gasteiger partial charge is 0.378 e. The molecule has 0 amide bonds. The fraction of sp³-hybridized carbons (Fsp3) is 0.158. The lowest BCUT2D eigenvalue weighted by Gasteiger charge is -2.18. The topological polar surface area (TPSA) is 37.0 Å². The fourth-order valence-corrected chi connectivity index (χ4v) is 3.24. The van der Waals surface area contributed by atoms with Crippen molar-refractivity contribution in [2.75, 3.05) is 11.9 Å². The van der Waals surface area contributed by atoms with Gasteiger partial charge in [-0.05, 0) is 36.1 Å². The second-order valence-electron chi connectivity index (χ2n) is 5.73. The zero-order valence-electron chi connectivity index (χ0n) is 12.6. The molecule has 4 heteroatoms. The van der Waals surface area contributed by atoms with E-state index in [9.17, 15) is 4.53 Å². The van der Waals surface area contributed by atoms with Crippen molar-refractivity contribution in [2.24, 2.45) is 0 Å². The highest BCUT2D eigenvalue weighted by Gasteiger charge is 2.15. The fourth-order valence-electron chi connectivity index (χ4n) is 3.24. The Kier molecular flexibility index (Phi) is 3.50. The number of rotatable bonds is 4.